The highest BCUT2D eigenvalue weighted by atomic mass is 15.3. The topological polar surface area (TPSA) is 29.9 Å². The van der Waals surface area contributed by atoms with Crippen LogP contribution < -0.4 is 5.32 Å². The van der Waals surface area contributed by atoms with Crippen molar-refractivity contribution in [3.8, 4) is 0 Å². The van der Waals surface area contributed by atoms with Crippen molar-refractivity contribution in [2.75, 3.05) is 0 Å². The second-order valence-electron chi connectivity index (χ2n) is 5.30. The maximum atomic E-state index is 4.49. The zero-order valence-corrected chi connectivity index (χ0v) is 12.8. The Morgan fingerprint density at radius 1 is 1.20 bits per heavy atom. The fourth-order valence-electron chi connectivity index (χ4n) is 2.54. The molecule has 20 heavy (non-hydrogen) atoms. The Bertz CT molecular complexity index is 516. The standard InChI is InChI=1S/C17H25N3/c1-4-16(11-14-9-7-6-8-10-14)18-12-15-13-20(3)19-17(15)5-2/h6-10,13,16,18H,4-5,11-12H2,1-3H3. The number of aryl methyl sites for hydroxylation is 2. The quantitative estimate of drug-likeness (QED) is 0.838. The molecule has 2 rings (SSSR count). The fourth-order valence-corrected chi connectivity index (χ4v) is 2.54. The van der Waals surface area contributed by atoms with Gasteiger partial charge >= 0.3 is 0 Å². The predicted octanol–water partition coefficient (Wildman–Crippen LogP) is 3.09. The van der Waals surface area contributed by atoms with Gasteiger partial charge in [0.25, 0.3) is 0 Å². The van der Waals surface area contributed by atoms with Gasteiger partial charge in [0, 0.05) is 31.4 Å². The summed E-state index contributed by atoms with van der Waals surface area (Å²) in [6.07, 6.45) is 5.34. The Labute approximate surface area is 122 Å². The maximum Gasteiger partial charge on any atom is 0.0666 e. The molecule has 1 heterocycles. The fraction of sp³-hybridized carbons (Fsp3) is 0.471. The van der Waals surface area contributed by atoms with E-state index in [0.29, 0.717) is 6.04 Å². The van der Waals surface area contributed by atoms with Crippen LogP contribution in [-0.2, 0) is 26.4 Å². The van der Waals surface area contributed by atoms with Gasteiger partial charge in [0.05, 0.1) is 5.69 Å². The smallest absolute Gasteiger partial charge is 0.0666 e. The van der Waals surface area contributed by atoms with Crippen LogP contribution in [0.4, 0.5) is 0 Å². The Kier molecular flexibility index (Phi) is 5.36. The lowest BCUT2D eigenvalue weighted by Gasteiger charge is -2.17. The number of nitrogens with one attached hydrogen (secondary N) is 1. The SMILES string of the molecule is CCc1nn(C)cc1CNC(CC)Cc1ccccc1. The third kappa shape index (κ3) is 3.94. The molecule has 1 aromatic heterocycles. The van der Waals surface area contributed by atoms with E-state index in [-0.39, 0.29) is 0 Å². The highest BCUT2D eigenvalue weighted by Crippen LogP contribution is 2.10. The Morgan fingerprint density at radius 3 is 2.60 bits per heavy atom. The monoisotopic (exact) mass is 271 g/mol. The van der Waals surface area contributed by atoms with Crippen LogP contribution in [0.1, 0.15) is 37.1 Å². The number of benzene rings is 1. The molecule has 1 N–H and O–H groups in total. The van der Waals surface area contributed by atoms with E-state index in [1.807, 2.05) is 11.7 Å². The summed E-state index contributed by atoms with van der Waals surface area (Å²) in [6, 6.07) is 11.2. The van der Waals surface area contributed by atoms with Crippen molar-refractivity contribution in [1.82, 2.24) is 15.1 Å². The van der Waals surface area contributed by atoms with Crippen molar-refractivity contribution in [2.24, 2.45) is 7.05 Å². The zero-order chi connectivity index (χ0) is 14.4. The highest BCUT2D eigenvalue weighted by molar-refractivity contribution is 5.18. The summed E-state index contributed by atoms with van der Waals surface area (Å²) in [4.78, 5) is 0. The van der Waals surface area contributed by atoms with Crippen molar-refractivity contribution in [3.05, 3.63) is 53.3 Å². The maximum absolute atomic E-state index is 4.49. The van der Waals surface area contributed by atoms with Crippen LogP contribution >= 0.6 is 0 Å². The molecule has 1 aromatic carbocycles. The predicted molar refractivity (Wildman–Crippen MR) is 83.7 cm³/mol. The van der Waals surface area contributed by atoms with Gasteiger partial charge in [0.15, 0.2) is 0 Å². The highest BCUT2D eigenvalue weighted by Gasteiger charge is 2.10. The van der Waals surface area contributed by atoms with Crippen molar-refractivity contribution >= 4 is 0 Å². The van der Waals surface area contributed by atoms with Gasteiger partial charge in [-0.25, -0.2) is 0 Å². The minimum absolute atomic E-state index is 0.516. The normalized spacial score (nSPS) is 12.6. The van der Waals surface area contributed by atoms with E-state index >= 15 is 0 Å². The molecule has 0 fully saturated rings. The van der Waals surface area contributed by atoms with Crippen LogP contribution in [0, 0.1) is 0 Å². The first-order chi connectivity index (χ1) is 9.72. The van der Waals surface area contributed by atoms with Gasteiger partial charge in [-0.2, -0.15) is 5.10 Å². The number of hydrogen-bond acceptors (Lipinski definition) is 2. The summed E-state index contributed by atoms with van der Waals surface area (Å²) in [5.74, 6) is 0. The van der Waals surface area contributed by atoms with Gasteiger partial charge in [0.1, 0.15) is 0 Å². The Hall–Kier alpha value is -1.61. The average molecular weight is 271 g/mol. The molecule has 0 aliphatic heterocycles. The van der Waals surface area contributed by atoms with E-state index in [9.17, 15) is 0 Å². The minimum Gasteiger partial charge on any atom is -0.309 e. The molecule has 0 spiro atoms. The zero-order valence-electron chi connectivity index (χ0n) is 12.8. The van der Waals surface area contributed by atoms with Gasteiger partial charge in [-0.1, -0.05) is 44.2 Å². The molecule has 1 unspecified atom stereocenters. The molecular weight excluding hydrogens is 246 g/mol. The molecule has 0 saturated heterocycles. The summed E-state index contributed by atoms with van der Waals surface area (Å²) in [6.45, 7) is 5.31. The Balaban J connectivity index is 1.93. The largest absolute Gasteiger partial charge is 0.309 e. The second-order valence-corrected chi connectivity index (χ2v) is 5.30. The average Bonchev–Trinajstić information content (AvgIpc) is 2.84. The van der Waals surface area contributed by atoms with Crippen LogP contribution in [0.5, 0.6) is 0 Å². The summed E-state index contributed by atoms with van der Waals surface area (Å²) >= 11 is 0. The van der Waals surface area contributed by atoms with Crippen LogP contribution in [0.15, 0.2) is 36.5 Å². The summed E-state index contributed by atoms with van der Waals surface area (Å²) < 4.78 is 1.91. The molecule has 0 aliphatic carbocycles. The lowest BCUT2D eigenvalue weighted by atomic mass is 10.0. The van der Waals surface area contributed by atoms with E-state index < -0.39 is 0 Å². The third-order valence-corrected chi connectivity index (χ3v) is 3.73. The number of nitrogens with zero attached hydrogens (tertiary/aromatic N) is 2. The Morgan fingerprint density at radius 2 is 1.95 bits per heavy atom. The molecule has 1 atom stereocenters. The van der Waals surface area contributed by atoms with Crippen molar-refractivity contribution in [2.45, 2.75) is 45.7 Å². The molecule has 0 radical (unpaired) electrons. The minimum atomic E-state index is 0.516. The van der Waals surface area contributed by atoms with Crippen LogP contribution in [0.3, 0.4) is 0 Å². The van der Waals surface area contributed by atoms with Gasteiger partial charge in [0.2, 0.25) is 0 Å². The van der Waals surface area contributed by atoms with Crippen molar-refractivity contribution in [1.29, 1.82) is 0 Å². The summed E-state index contributed by atoms with van der Waals surface area (Å²) in [5, 5.41) is 8.16. The van der Waals surface area contributed by atoms with Gasteiger partial charge < -0.3 is 5.32 Å². The number of aromatic nitrogens is 2. The summed E-state index contributed by atoms with van der Waals surface area (Å²) in [5.41, 5.74) is 3.92. The van der Waals surface area contributed by atoms with Gasteiger partial charge in [-0.05, 0) is 24.8 Å². The van der Waals surface area contributed by atoms with E-state index in [0.717, 1.165) is 25.8 Å². The van der Waals surface area contributed by atoms with Gasteiger partial charge in [-0.15, -0.1) is 0 Å². The lowest BCUT2D eigenvalue weighted by Crippen LogP contribution is -2.30. The molecule has 0 saturated carbocycles. The van der Waals surface area contributed by atoms with E-state index in [1.54, 1.807) is 0 Å². The molecule has 3 nitrogen and oxygen atoms in total. The van der Waals surface area contributed by atoms with E-state index in [1.165, 1.54) is 16.8 Å². The molecule has 108 valence electrons. The van der Waals surface area contributed by atoms with Crippen LogP contribution in [0.25, 0.3) is 0 Å². The molecule has 3 heteroatoms. The molecule has 0 amide bonds. The molecule has 0 bridgehead atoms. The summed E-state index contributed by atoms with van der Waals surface area (Å²) in [7, 11) is 1.99. The molecule has 0 aliphatic rings. The van der Waals surface area contributed by atoms with Gasteiger partial charge in [-0.3, -0.25) is 4.68 Å². The van der Waals surface area contributed by atoms with Crippen LogP contribution in [-0.4, -0.2) is 15.8 Å². The third-order valence-electron chi connectivity index (χ3n) is 3.73. The lowest BCUT2D eigenvalue weighted by molar-refractivity contribution is 0.493. The van der Waals surface area contributed by atoms with E-state index in [4.69, 9.17) is 0 Å². The van der Waals surface area contributed by atoms with Crippen molar-refractivity contribution in [3.63, 3.8) is 0 Å². The first-order valence-corrected chi connectivity index (χ1v) is 7.51. The van der Waals surface area contributed by atoms with Crippen LogP contribution in [0.2, 0.25) is 0 Å². The number of hydrogen-bond donors (Lipinski definition) is 1. The first-order valence-electron chi connectivity index (χ1n) is 7.51. The van der Waals surface area contributed by atoms with Crippen molar-refractivity contribution < 1.29 is 0 Å². The first kappa shape index (κ1) is 14.8. The molecular formula is C17H25N3. The second kappa shape index (κ2) is 7.25. The van der Waals surface area contributed by atoms with E-state index in [2.05, 4.69) is 60.8 Å². The number of rotatable bonds is 7. The molecule has 2 aromatic rings.